The number of nitrogens with zero attached hydrogens (tertiary/aromatic N) is 1. The van der Waals surface area contributed by atoms with E-state index in [1.807, 2.05) is 6.92 Å². The lowest BCUT2D eigenvalue weighted by Gasteiger charge is -2.12. The average Bonchev–Trinajstić information content (AvgIpc) is 2.33. The largest absolute Gasteiger partial charge is 0.477 e. The van der Waals surface area contributed by atoms with Crippen LogP contribution in [0.5, 0.6) is 5.88 Å². The maximum absolute atomic E-state index is 12.5. The van der Waals surface area contributed by atoms with Gasteiger partial charge in [-0.3, -0.25) is 0 Å². The predicted molar refractivity (Wildman–Crippen MR) is 62.2 cm³/mol. The van der Waals surface area contributed by atoms with E-state index in [4.69, 9.17) is 10.5 Å². The molecule has 0 atom stereocenters. The zero-order valence-corrected chi connectivity index (χ0v) is 10.3. The Morgan fingerprint density at radius 1 is 1.28 bits per heavy atom. The molecule has 0 radical (unpaired) electrons. The number of halogens is 3. The number of ether oxygens (including phenoxy) is 1. The van der Waals surface area contributed by atoms with Crippen molar-refractivity contribution < 1.29 is 17.9 Å². The maximum atomic E-state index is 12.5. The molecule has 1 aromatic rings. The van der Waals surface area contributed by atoms with Crippen LogP contribution in [0, 0.1) is 0 Å². The van der Waals surface area contributed by atoms with Crippen LogP contribution in [0.3, 0.4) is 0 Å². The van der Waals surface area contributed by atoms with Gasteiger partial charge in [-0.15, -0.1) is 0 Å². The predicted octanol–water partition coefficient (Wildman–Crippen LogP) is 3.13. The molecule has 102 valence electrons. The molecule has 0 unspecified atom stereocenters. The van der Waals surface area contributed by atoms with Gasteiger partial charge in [0, 0.05) is 12.1 Å². The molecule has 6 heteroatoms. The number of alkyl halides is 3. The molecule has 0 fully saturated rings. The summed E-state index contributed by atoms with van der Waals surface area (Å²) in [6.45, 7) is 2.50. The van der Waals surface area contributed by atoms with E-state index in [1.165, 1.54) is 6.07 Å². The van der Waals surface area contributed by atoms with Crippen LogP contribution < -0.4 is 10.5 Å². The number of unbranched alkanes of at least 4 members (excludes halogenated alkanes) is 2. The first-order valence-corrected chi connectivity index (χ1v) is 5.89. The second-order valence-electron chi connectivity index (χ2n) is 3.92. The Hall–Kier alpha value is -1.30. The summed E-state index contributed by atoms with van der Waals surface area (Å²) in [5, 5.41) is 0. The molecule has 0 aliphatic rings. The first-order chi connectivity index (χ1) is 8.49. The van der Waals surface area contributed by atoms with Gasteiger partial charge in [0.2, 0.25) is 5.88 Å². The van der Waals surface area contributed by atoms with E-state index >= 15 is 0 Å². The molecule has 0 saturated heterocycles. The number of hydrogen-bond acceptors (Lipinski definition) is 3. The minimum atomic E-state index is -4.46. The maximum Gasteiger partial charge on any atom is 0.433 e. The van der Waals surface area contributed by atoms with Crippen molar-refractivity contribution in [3.05, 3.63) is 23.4 Å². The van der Waals surface area contributed by atoms with Crippen LogP contribution in [0.4, 0.5) is 13.2 Å². The SMILES string of the molecule is CCCCCOc1nc(C(F)(F)F)ccc1CN. The molecule has 0 aliphatic carbocycles. The molecule has 0 saturated carbocycles. The molecule has 2 N–H and O–H groups in total. The lowest BCUT2D eigenvalue weighted by molar-refractivity contribution is -0.141. The molecule has 0 bridgehead atoms. The number of pyridine rings is 1. The van der Waals surface area contributed by atoms with Gasteiger partial charge < -0.3 is 10.5 Å². The summed E-state index contributed by atoms with van der Waals surface area (Å²) in [5.41, 5.74) is 4.97. The van der Waals surface area contributed by atoms with E-state index in [9.17, 15) is 13.2 Å². The third-order valence-corrected chi connectivity index (χ3v) is 2.44. The highest BCUT2D eigenvalue weighted by atomic mass is 19.4. The molecule has 0 spiro atoms. The van der Waals surface area contributed by atoms with Crippen LogP contribution in [-0.2, 0) is 12.7 Å². The lowest BCUT2D eigenvalue weighted by atomic mass is 10.2. The lowest BCUT2D eigenvalue weighted by Crippen LogP contribution is -2.12. The van der Waals surface area contributed by atoms with Crippen LogP contribution >= 0.6 is 0 Å². The fourth-order valence-corrected chi connectivity index (χ4v) is 1.43. The van der Waals surface area contributed by atoms with Gasteiger partial charge in [-0.25, -0.2) is 4.98 Å². The Morgan fingerprint density at radius 2 is 2.00 bits per heavy atom. The monoisotopic (exact) mass is 262 g/mol. The summed E-state index contributed by atoms with van der Waals surface area (Å²) in [7, 11) is 0. The molecule has 18 heavy (non-hydrogen) atoms. The normalized spacial score (nSPS) is 11.6. The third-order valence-electron chi connectivity index (χ3n) is 2.44. The standard InChI is InChI=1S/C12H17F3N2O/c1-2-3-4-7-18-11-9(8-16)5-6-10(17-11)12(13,14)15/h5-6H,2-4,7-8,16H2,1H3. The van der Waals surface area contributed by atoms with Gasteiger partial charge in [0.25, 0.3) is 0 Å². The summed E-state index contributed by atoms with van der Waals surface area (Å²) in [6.07, 6.45) is -1.69. The second kappa shape index (κ2) is 6.58. The van der Waals surface area contributed by atoms with Crippen molar-refractivity contribution in [1.82, 2.24) is 4.98 Å². The van der Waals surface area contributed by atoms with E-state index in [0.717, 1.165) is 25.3 Å². The van der Waals surface area contributed by atoms with Gasteiger partial charge in [-0.2, -0.15) is 13.2 Å². The summed E-state index contributed by atoms with van der Waals surface area (Å²) < 4.78 is 42.8. The second-order valence-corrected chi connectivity index (χ2v) is 3.92. The summed E-state index contributed by atoms with van der Waals surface area (Å²) in [6, 6.07) is 2.23. The summed E-state index contributed by atoms with van der Waals surface area (Å²) in [5.74, 6) is -0.0107. The first kappa shape index (κ1) is 14.8. The van der Waals surface area contributed by atoms with Crippen molar-refractivity contribution in [1.29, 1.82) is 0 Å². The Kier molecular flexibility index (Phi) is 5.40. The van der Waals surface area contributed by atoms with Gasteiger partial charge in [0.05, 0.1) is 6.61 Å². The zero-order chi connectivity index (χ0) is 13.6. The van der Waals surface area contributed by atoms with Crippen molar-refractivity contribution in [3.63, 3.8) is 0 Å². The highest BCUT2D eigenvalue weighted by molar-refractivity contribution is 5.29. The van der Waals surface area contributed by atoms with Crippen molar-refractivity contribution in [2.24, 2.45) is 5.73 Å². The van der Waals surface area contributed by atoms with E-state index in [-0.39, 0.29) is 12.4 Å². The van der Waals surface area contributed by atoms with Crippen LogP contribution in [0.1, 0.15) is 37.4 Å². The van der Waals surface area contributed by atoms with E-state index in [0.29, 0.717) is 12.2 Å². The molecular formula is C12H17F3N2O. The van der Waals surface area contributed by atoms with E-state index in [2.05, 4.69) is 4.98 Å². The third kappa shape index (κ3) is 4.18. The fourth-order valence-electron chi connectivity index (χ4n) is 1.43. The van der Waals surface area contributed by atoms with Gasteiger partial charge in [0.1, 0.15) is 5.69 Å². The molecular weight excluding hydrogens is 245 g/mol. The molecule has 0 aliphatic heterocycles. The number of rotatable bonds is 6. The summed E-state index contributed by atoms with van der Waals surface area (Å²) >= 11 is 0. The van der Waals surface area contributed by atoms with Crippen LogP contribution in [0.25, 0.3) is 0 Å². The van der Waals surface area contributed by atoms with Gasteiger partial charge >= 0.3 is 6.18 Å². The zero-order valence-electron chi connectivity index (χ0n) is 10.3. The molecule has 1 heterocycles. The average molecular weight is 262 g/mol. The number of nitrogens with two attached hydrogens (primary N) is 1. The first-order valence-electron chi connectivity index (χ1n) is 5.89. The smallest absolute Gasteiger partial charge is 0.433 e. The highest BCUT2D eigenvalue weighted by Gasteiger charge is 2.33. The van der Waals surface area contributed by atoms with E-state index in [1.54, 1.807) is 0 Å². The topological polar surface area (TPSA) is 48.1 Å². The Labute approximate surface area is 104 Å². The van der Waals surface area contributed by atoms with Crippen molar-refractivity contribution in [2.45, 2.75) is 38.9 Å². The van der Waals surface area contributed by atoms with Gasteiger partial charge in [-0.05, 0) is 12.5 Å². The van der Waals surface area contributed by atoms with Crippen LogP contribution in [-0.4, -0.2) is 11.6 Å². The van der Waals surface area contributed by atoms with Crippen molar-refractivity contribution in [3.8, 4) is 5.88 Å². The summed E-state index contributed by atoms with van der Waals surface area (Å²) in [4.78, 5) is 3.49. The molecule has 3 nitrogen and oxygen atoms in total. The van der Waals surface area contributed by atoms with Crippen LogP contribution in [0.15, 0.2) is 12.1 Å². The quantitative estimate of drug-likeness (QED) is 0.801. The Balaban J connectivity index is 2.79. The fraction of sp³-hybridized carbons (Fsp3) is 0.583. The number of hydrogen-bond donors (Lipinski definition) is 1. The molecule has 0 aromatic carbocycles. The Morgan fingerprint density at radius 3 is 2.56 bits per heavy atom. The molecule has 0 amide bonds. The highest BCUT2D eigenvalue weighted by Crippen LogP contribution is 2.30. The van der Waals surface area contributed by atoms with Crippen molar-refractivity contribution >= 4 is 0 Å². The van der Waals surface area contributed by atoms with Crippen molar-refractivity contribution in [2.75, 3.05) is 6.61 Å². The number of aromatic nitrogens is 1. The van der Waals surface area contributed by atoms with E-state index < -0.39 is 11.9 Å². The van der Waals surface area contributed by atoms with Gasteiger partial charge in [-0.1, -0.05) is 25.8 Å². The van der Waals surface area contributed by atoms with Gasteiger partial charge in [0.15, 0.2) is 0 Å². The molecule has 1 rings (SSSR count). The van der Waals surface area contributed by atoms with Crippen LogP contribution in [0.2, 0.25) is 0 Å². The molecule has 1 aromatic heterocycles. The minimum absolute atomic E-state index is 0.0107. The Bertz CT molecular complexity index is 380. The minimum Gasteiger partial charge on any atom is -0.477 e.